The van der Waals surface area contributed by atoms with E-state index in [1.807, 2.05) is 28.9 Å². The van der Waals surface area contributed by atoms with Gasteiger partial charge in [0.05, 0.1) is 7.11 Å². The summed E-state index contributed by atoms with van der Waals surface area (Å²) in [5, 5.41) is 8.81. The molecule has 2 aromatic rings. The van der Waals surface area contributed by atoms with E-state index in [-0.39, 0.29) is 17.2 Å². The Hall–Kier alpha value is -2.28. The fraction of sp³-hybridized carbons (Fsp3) is 0.450. The van der Waals surface area contributed by atoms with E-state index in [4.69, 9.17) is 9.84 Å². The summed E-state index contributed by atoms with van der Waals surface area (Å²) in [5.74, 6) is 2.57. The Morgan fingerprint density at radius 2 is 2.04 bits per heavy atom. The van der Waals surface area contributed by atoms with Crippen molar-refractivity contribution < 1.29 is 9.53 Å². The predicted octanol–water partition coefficient (Wildman–Crippen LogP) is 4.06. The number of allylic oxidation sites excluding steroid dienone is 2. The molecule has 7 heteroatoms. The van der Waals surface area contributed by atoms with E-state index in [1.165, 1.54) is 0 Å². The molecule has 1 aliphatic heterocycles. The van der Waals surface area contributed by atoms with Gasteiger partial charge in [0.15, 0.2) is 5.78 Å². The highest BCUT2D eigenvalue weighted by molar-refractivity contribution is 7.99. The summed E-state index contributed by atoms with van der Waals surface area (Å²) in [6.07, 6.45) is 1.37. The number of ketones is 1. The monoisotopic (exact) mass is 384 g/mol. The van der Waals surface area contributed by atoms with E-state index in [0.717, 1.165) is 39.9 Å². The number of carbonyl (C=O) groups is 1. The summed E-state index contributed by atoms with van der Waals surface area (Å²) >= 11 is 1.60. The maximum absolute atomic E-state index is 13.1. The quantitative estimate of drug-likeness (QED) is 0.802. The van der Waals surface area contributed by atoms with Gasteiger partial charge in [0, 0.05) is 17.7 Å². The highest BCUT2D eigenvalue weighted by Gasteiger charge is 2.41. The minimum Gasteiger partial charge on any atom is -0.497 e. The molecular weight excluding hydrogens is 360 g/mol. The summed E-state index contributed by atoms with van der Waals surface area (Å²) in [6.45, 7) is 6.35. The van der Waals surface area contributed by atoms with Gasteiger partial charge in [-0.1, -0.05) is 44.7 Å². The molecule has 0 bridgehead atoms. The van der Waals surface area contributed by atoms with Crippen LogP contribution >= 0.6 is 11.8 Å². The maximum atomic E-state index is 13.1. The third kappa shape index (κ3) is 3.25. The Kier molecular flexibility index (Phi) is 4.50. The third-order valence-corrected chi connectivity index (χ3v) is 5.74. The van der Waals surface area contributed by atoms with E-state index in [2.05, 4.69) is 31.1 Å². The van der Waals surface area contributed by atoms with Gasteiger partial charge in [0.1, 0.15) is 11.8 Å². The number of anilines is 1. The largest absolute Gasteiger partial charge is 0.497 e. The van der Waals surface area contributed by atoms with Gasteiger partial charge in [-0.25, -0.2) is 4.68 Å². The number of benzene rings is 1. The van der Waals surface area contributed by atoms with Gasteiger partial charge in [-0.05, 0) is 35.3 Å². The third-order valence-electron chi connectivity index (χ3n) is 5.02. The van der Waals surface area contributed by atoms with Crippen molar-refractivity contribution in [2.24, 2.45) is 5.41 Å². The number of thioether (sulfide) groups is 1. The summed E-state index contributed by atoms with van der Waals surface area (Å²) < 4.78 is 7.14. The smallest absolute Gasteiger partial charge is 0.227 e. The number of aromatic nitrogens is 3. The lowest BCUT2D eigenvalue weighted by molar-refractivity contribution is -0.118. The molecule has 0 spiro atoms. The molecule has 0 saturated carbocycles. The van der Waals surface area contributed by atoms with Gasteiger partial charge in [-0.15, -0.1) is 5.10 Å². The fourth-order valence-corrected chi connectivity index (χ4v) is 4.43. The second kappa shape index (κ2) is 6.71. The van der Waals surface area contributed by atoms with Gasteiger partial charge in [0.2, 0.25) is 11.1 Å². The highest BCUT2D eigenvalue weighted by atomic mass is 32.2. The number of hydrogen-bond donors (Lipinski definition) is 1. The average molecular weight is 385 g/mol. The molecule has 1 aromatic carbocycles. The molecule has 1 unspecified atom stereocenters. The van der Waals surface area contributed by atoms with Crippen LogP contribution in [0.15, 0.2) is 40.7 Å². The molecular formula is C20H24N4O2S. The normalized spacial score (nSPS) is 20.7. The molecule has 0 fully saturated rings. The molecule has 1 aliphatic carbocycles. The molecule has 2 heterocycles. The van der Waals surface area contributed by atoms with E-state index in [1.54, 1.807) is 18.9 Å². The lowest BCUT2D eigenvalue weighted by Gasteiger charge is -2.38. The maximum Gasteiger partial charge on any atom is 0.227 e. The van der Waals surface area contributed by atoms with Crippen molar-refractivity contribution in [2.75, 3.05) is 18.2 Å². The van der Waals surface area contributed by atoms with Gasteiger partial charge >= 0.3 is 0 Å². The summed E-state index contributed by atoms with van der Waals surface area (Å²) in [4.78, 5) is 17.8. The first-order valence-corrected chi connectivity index (χ1v) is 10.2. The Bertz CT molecular complexity index is 915. The van der Waals surface area contributed by atoms with Crippen LogP contribution in [0, 0.1) is 5.41 Å². The van der Waals surface area contributed by atoms with Gasteiger partial charge in [-0.3, -0.25) is 4.79 Å². The second-order valence-corrected chi connectivity index (χ2v) is 8.96. The van der Waals surface area contributed by atoms with Crippen molar-refractivity contribution in [2.45, 2.75) is 44.8 Å². The van der Waals surface area contributed by atoms with Crippen LogP contribution in [0.5, 0.6) is 5.75 Å². The predicted molar refractivity (Wildman–Crippen MR) is 106 cm³/mol. The van der Waals surface area contributed by atoms with E-state index >= 15 is 0 Å². The van der Waals surface area contributed by atoms with Gasteiger partial charge in [-0.2, -0.15) is 4.98 Å². The molecule has 2 aliphatic rings. The Morgan fingerprint density at radius 3 is 2.70 bits per heavy atom. The molecule has 1 aromatic heterocycles. The minimum absolute atomic E-state index is 0.0590. The van der Waals surface area contributed by atoms with Crippen LogP contribution in [0.1, 0.15) is 45.2 Å². The van der Waals surface area contributed by atoms with Crippen molar-refractivity contribution in [1.29, 1.82) is 0 Å². The summed E-state index contributed by atoms with van der Waals surface area (Å²) in [6, 6.07) is 7.60. The number of nitrogens with one attached hydrogen (secondary N) is 1. The van der Waals surface area contributed by atoms with Crippen LogP contribution in [-0.2, 0) is 4.79 Å². The van der Waals surface area contributed by atoms with E-state index in [9.17, 15) is 4.79 Å². The van der Waals surface area contributed by atoms with Crippen LogP contribution in [0.3, 0.4) is 0 Å². The summed E-state index contributed by atoms with van der Waals surface area (Å²) in [5.41, 5.74) is 2.74. The van der Waals surface area contributed by atoms with Crippen LogP contribution < -0.4 is 10.1 Å². The van der Waals surface area contributed by atoms with Crippen LogP contribution in [0.4, 0.5) is 5.95 Å². The van der Waals surface area contributed by atoms with E-state index in [0.29, 0.717) is 12.4 Å². The average Bonchev–Trinajstić information content (AvgIpc) is 3.01. The highest BCUT2D eigenvalue weighted by Crippen LogP contribution is 2.45. The molecule has 6 nitrogen and oxygen atoms in total. The van der Waals surface area contributed by atoms with Crippen LogP contribution in [-0.4, -0.2) is 33.4 Å². The van der Waals surface area contributed by atoms with Crippen LogP contribution in [0.2, 0.25) is 0 Å². The number of carbonyl (C=O) groups excluding carboxylic acids is 1. The molecule has 4 rings (SSSR count). The molecule has 0 amide bonds. The van der Waals surface area contributed by atoms with Crippen molar-refractivity contribution >= 4 is 23.5 Å². The van der Waals surface area contributed by atoms with E-state index < -0.39 is 0 Å². The molecule has 0 radical (unpaired) electrons. The topological polar surface area (TPSA) is 69.0 Å². The number of ether oxygens (including phenoxy) is 1. The Labute approximate surface area is 163 Å². The molecule has 142 valence electrons. The minimum atomic E-state index is -0.260. The number of fused-ring (bicyclic) bond motifs is 1. The number of rotatable bonds is 4. The first-order valence-electron chi connectivity index (χ1n) is 9.18. The first kappa shape index (κ1) is 18.1. The van der Waals surface area contributed by atoms with Crippen molar-refractivity contribution in [1.82, 2.24) is 14.8 Å². The number of nitrogens with zero attached hydrogens (tertiary/aromatic N) is 3. The SMILES string of the molecule is CCSc1nc2n(n1)C(c1ccc(OC)cc1)C1=C(CC(C)(C)CC1=O)N2. The molecule has 1 N–H and O–H groups in total. The fourth-order valence-electron chi connectivity index (χ4n) is 3.87. The standard InChI is InChI=1S/C20H24N4O2S/c1-5-27-19-22-18-21-14-10-20(2,3)11-15(25)16(14)17(24(18)23-19)12-6-8-13(26-4)9-7-12/h6-9,17H,5,10-11H2,1-4H3,(H,21,22,23). The lowest BCUT2D eigenvalue weighted by atomic mass is 9.73. The molecule has 27 heavy (non-hydrogen) atoms. The Morgan fingerprint density at radius 1 is 1.30 bits per heavy atom. The number of Topliss-reactive ketones (excluding diaryl/α,β-unsaturated/α-hetero) is 1. The number of hydrogen-bond acceptors (Lipinski definition) is 6. The zero-order chi connectivity index (χ0) is 19.2. The van der Waals surface area contributed by atoms with Crippen molar-refractivity contribution in [3.8, 4) is 5.75 Å². The van der Waals surface area contributed by atoms with Gasteiger partial charge < -0.3 is 10.1 Å². The molecule has 0 saturated heterocycles. The zero-order valence-corrected chi connectivity index (χ0v) is 16.9. The first-order chi connectivity index (χ1) is 12.9. The summed E-state index contributed by atoms with van der Waals surface area (Å²) in [7, 11) is 1.65. The van der Waals surface area contributed by atoms with Crippen molar-refractivity contribution in [3.63, 3.8) is 0 Å². The lowest BCUT2D eigenvalue weighted by Crippen LogP contribution is -2.36. The van der Waals surface area contributed by atoms with Crippen molar-refractivity contribution in [3.05, 3.63) is 41.1 Å². The number of methoxy groups -OCH3 is 1. The zero-order valence-electron chi connectivity index (χ0n) is 16.1. The second-order valence-electron chi connectivity index (χ2n) is 7.73. The van der Waals surface area contributed by atoms with Crippen LogP contribution in [0.25, 0.3) is 0 Å². The Balaban J connectivity index is 1.85. The van der Waals surface area contributed by atoms with Gasteiger partial charge in [0.25, 0.3) is 0 Å². The molecule has 1 atom stereocenters.